The number of fused-ring (bicyclic) bond motifs is 1. The van der Waals surface area contributed by atoms with Crippen molar-refractivity contribution < 1.29 is 0 Å². The molecular weight excluding hydrogens is 328 g/mol. The number of aromatic nitrogens is 2. The van der Waals surface area contributed by atoms with Gasteiger partial charge in [-0.2, -0.15) is 5.10 Å². The van der Waals surface area contributed by atoms with Crippen LogP contribution in [0.5, 0.6) is 0 Å². The van der Waals surface area contributed by atoms with Crippen LogP contribution in [-0.2, 0) is 13.1 Å². The van der Waals surface area contributed by atoms with Crippen LogP contribution in [0.4, 0.5) is 0 Å². The molecule has 0 N–H and O–H groups in total. The van der Waals surface area contributed by atoms with Crippen LogP contribution in [0.25, 0.3) is 0 Å². The maximum Gasteiger partial charge on any atom is 0.0739 e. The zero-order valence-electron chi connectivity index (χ0n) is 13.5. The number of aryl methyl sites for hydroxylation is 2. The summed E-state index contributed by atoms with van der Waals surface area (Å²) in [7, 11) is 0. The van der Waals surface area contributed by atoms with Crippen molar-refractivity contribution in [2.75, 3.05) is 19.6 Å². The second kappa shape index (κ2) is 6.39. The lowest BCUT2D eigenvalue weighted by Gasteiger charge is -2.47. The summed E-state index contributed by atoms with van der Waals surface area (Å²) >= 11 is 3.74. The van der Waals surface area contributed by atoms with Gasteiger partial charge in [-0.25, -0.2) is 0 Å². The average Bonchev–Trinajstić information content (AvgIpc) is 2.75. The molecule has 1 aromatic heterocycles. The zero-order chi connectivity index (χ0) is 15.0. The summed E-state index contributed by atoms with van der Waals surface area (Å²) in [5.74, 6) is 0. The number of piperidine rings is 1. The Bertz CT molecular complexity index is 499. The summed E-state index contributed by atoms with van der Waals surface area (Å²) < 4.78 is 3.35. The summed E-state index contributed by atoms with van der Waals surface area (Å²) in [4.78, 5) is 5.36. The molecule has 2 unspecified atom stereocenters. The third kappa shape index (κ3) is 3.06. The first-order valence-electron chi connectivity index (χ1n) is 8.30. The van der Waals surface area contributed by atoms with Crippen molar-refractivity contribution in [1.82, 2.24) is 19.6 Å². The SMILES string of the molecule is CCn1nc(C)c(Br)c1CN1CC2CCCCN2CC1C. The van der Waals surface area contributed by atoms with Crippen LogP contribution in [0.2, 0.25) is 0 Å². The van der Waals surface area contributed by atoms with Gasteiger partial charge < -0.3 is 0 Å². The lowest BCUT2D eigenvalue weighted by Crippen LogP contribution is -2.58. The normalized spacial score (nSPS) is 27.8. The van der Waals surface area contributed by atoms with Gasteiger partial charge in [-0.05, 0) is 56.1 Å². The Morgan fingerprint density at radius 3 is 2.86 bits per heavy atom. The number of hydrogen-bond donors (Lipinski definition) is 0. The van der Waals surface area contributed by atoms with Crippen LogP contribution in [-0.4, -0.2) is 51.3 Å². The Morgan fingerprint density at radius 1 is 1.29 bits per heavy atom. The lowest BCUT2D eigenvalue weighted by atomic mass is 9.97. The van der Waals surface area contributed by atoms with E-state index in [0.717, 1.165) is 24.8 Å². The van der Waals surface area contributed by atoms with Crippen molar-refractivity contribution in [1.29, 1.82) is 0 Å². The van der Waals surface area contributed by atoms with Gasteiger partial charge in [0.25, 0.3) is 0 Å². The number of hydrogen-bond acceptors (Lipinski definition) is 3. The third-order valence-corrected chi connectivity index (χ3v) is 6.15. The molecule has 3 heterocycles. The van der Waals surface area contributed by atoms with Crippen LogP contribution >= 0.6 is 15.9 Å². The lowest BCUT2D eigenvalue weighted by molar-refractivity contribution is 0.00976. The summed E-state index contributed by atoms with van der Waals surface area (Å²) in [5, 5.41) is 4.63. The van der Waals surface area contributed by atoms with Gasteiger partial charge in [-0.15, -0.1) is 0 Å². The van der Waals surface area contributed by atoms with Crippen molar-refractivity contribution >= 4 is 15.9 Å². The van der Waals surface area contributed by atoms with E-state index in [0.29, 0.717) is 6.04 Å². The number of nitrogens with zero attached hydrogens (tertiary/aromatic N) is 4. The molecule has 2 fully saturated rings. The monoisotopic (exact) mass is 354 g/mol. The van der Waals surface area contributed by atoms with E-state index in [9.17, 15) is 0 Å². The second-order valence-electron chi connectivity index (χ2n) is 6.58. The highest BCUT2D eigenvalue weighted by Crippen LogP contribution is 2.28. The van der Waals surface area contributed by atoms with Gasteiger partial charge >= 0.3 is 0 Å². The van der Waals surface area contributed by atoms with Gasteiger partial charge in [0.15, 0.2) is 0 Å². The largest absolute Gasteiger partial charge is 0.298 e. The molecule has 0 radical (unpaired) electrons. The van der Waals surface area contributed by atoms with Crippen LogP contribution < -0.4 is 0 Å². The molecule has 0 amide bonds. The highest BCUT2D eigenvalue weighted by atomic mass is 79.9. The Labute approximate surface area is 136 Å². The molecule has 0 bridgehead atoms. The zero-order valence-corrected chi connectivity index (χ0v) is 15.1. The van der Waals surface area contributed by atoms with E-state index in [1.165, 1.54) is 49.1 Å². The minimum atomic E-state index is 0.631. The van der Waals surface area contributed by atoms with Crippen molar-refractivity contribution in [2.45, 2.75) is 65.2 Å². The van der Waals surface area contributed by atoms with E-state index in [2.05, 4.69) is 56.3 Å². The molecule has 0 aromatic carbocycles. The summed E-state index contributed by atoms with van der Waals surface area (Å²) in [6.45, 7) is 12.3. The van der Waals surface area contributed by atoms with Crippen molar-refractivity contribution in [3.8, 4) is 0 Å². The molecule has 2 aliphatic heterocycles. The Morgan fingerprint density at radius 2 is 2.10 bits per heavy atom. The fraction of sp³-hybridized carbons (Fsp3) is 0.812. The Kier molecular flexibility index (Phi) is 4.71. The van der Waals surface area contributed by atoms with Gasteiger partial charge in [0.2, 0.25) is 0 Å². The average molecular weight is 355 g/mol. The van der Waals surface area contributed by atoms with Gasteiger partial charge in [0.05, 0.1) is 15.9 Å². The third-order valence-electron chi connectivity index (χ3n) is 5.12. The first-order chi connectivity index (χ1) is 10.1. The fourth-order valence-corrected chi connectivity index (χ4v) is 4.25. The standard InChI is InChI=1S/C16H27BrN4/c1-4-21-15(16(17)13(3)18-21)11-20-10-14-7-5-6-8-19(14)9-12(20)2/h12,14H,4-11H2,1-3H3. The quantitative estimate of drug-likeness (QED) is 0.833. The smallest absolute Gasteiger partial charge is 0.0739 e. The van der Waals surface area contributed by atoms with Crippen molar-refractivity contribution in [2.24, 2.45) is 0 Å². The predicted octanol–water partition coefficient (Wildman–Crippen LogP) is 3.03. The van der Waals surface area contributed by atoms with E-state index in [4.69, 9.17) is 0 Å². The van der Waals surface area contributed by atoms with Crippen molar-refractivity contribution in [3.63, 3.8) is 0 Å². The van der Waals surface area contributed by atoms with E-state index in [1.807, 2.05) is 0 Å². The molecule has 2 saturated heterocycles. The van der Waals surface area contributed by atoms with Crippen LogP contribution in [0.15, 0.2) is 4.47 Å². The minimum absolute atomic E-state index is 0.631. The van der Waals surface area contributed by atoms with E-state index < -0.39 is 0 Å². The molecule has 2 aliphatic rings. The summed E-state index contributed by atoms with van der Waals surface area (Å²) in [6.07, 6.45) is 4.16. The molecule has 4 nitrogen and oxygen atoms in total. The van der Waals surface area contributed by atoms with E-state index >= 15 is 0 Å². The predicted molar refractivity (Wildman–Crippen MR) is 89.4 cm³/mol. The van der Waals surface area contributed by atoms with Gasteiger partial charge in [-0.1, -0.05) is 6.42 Å². The molecule has 0 spiro atoms. The van der Waals surface area contributed by atoms with Gasteiger partial charge in [0, 0.05) is 38.3 Å². The van der Waals surface area contributed by atoms with Crippen LogP contribution in [0, 0.1) is 6.92 Å². The topological polar surface area (TPSA) is 24.3 Å². The van der Waals surface area contributed by atoms with Crippen LogP contribution in [0.3, 0.4) is 0 Å². The molecule has 1 aromatic rings. The highest BCUT2D eigenvalue weighted by molar-refractivity contribution is 9.10. The highest BCUT2D eigenvalue weighted by Gasteiger charge is 2.33. The molecule has 0 saturated carbocycles. The number of piperazine rings is 1. The van der Waals surface area contributed by atoms with E-state index in [-0.39, 0.29) is 0 Å². The first kappa shape index (κ1) is 15.5. The summed E-state index contributed by atoms with van der Waals surface area (Å²) in [5.41, 5.74) is 2.45. The maximum absolute atomic E-state index is 4.63. The molecule has 21 heavy (non-hydrogen) atoms. The Hall–Kier alpha value is -0.390. The van der Waals surface area contributed by atoms with Crippen molar-refractivity contribution in [3.05, 3.63) is 15.9 Å². The fourth-order valence-electron chi connectivity index (χ4n) is 3.85. The molecule has 5 heteroatoms. The van der Waals surface area contributed by atoms with Gasteiger partial charge in [0.1, 0.15) is 0 Å². The second-order valence-corrected chi connectivity index (χ2v) is 7.38. The number of halogens is 1. The molecule has 0 aliphatic carbocycles. The van der Waals surface area contributed by atoms with E-state index in [1.54, 1.807) is 0 Å². The molecule has 3 rings (SSSR count). The molecule has 2 atom stereocenters. The molecule has 118 valence electrons. The Balaban J connectivity index is 1.75. The number of rotatable bonds is 3. The van der Waals surface area contributed by atoms with Gasteiger partial charge in [-0.3, -0.25) is 14.5 Å². The maximum atomic E-state index is 4.63. The molecular formula is C16H27BrN4. The van der Waals surface area contributed by atoms with Crippen LogP contribution in [0.1, 0.15) is 44.5 Å². The summed E-state index contributed by atoms with van der Waals surface area (Å²) in [6, 6.07) is 1.40. The minimum Gasteiger partial charge on any atom is -0.298 e. The first-order valence-corrected chi connectivity index (χ1v) is 9.09.